The molecule has 0 spiro atoms. The summed E-state index contributed by atoms with van der Waals surface area (Å²) in [5, 5.41) is 2.84. The Balaban J connectivity index is 3.01. The number of amides is 1. The summed E-state index contributed by atoms with van der Waals surface area (Å²) in [4.78, 5) is 12.1. The minimum absolute atomic E-state index is 0.0202. The molecule has 0 aromatic heterocycles. The molecule has 1 aromatic rings. The zero-order valence-corrected chi connectivity index (χ0v) is 13.3. The Labute approximate surface area is 124 Å². The average Bonchev–Trinajstić information content (AvgIpc) is 2.38. The van der Waals surface area contributed by atoms with Gasteiger partial charge in [0.05, 0.1) is 21.6 Å². The molecule has 1 amide bonds. The number of benzene rings is 1. The minimum Gasteiger partial charge on any atom is -0.323 e. The second-order valence-corrected chi connectivity index (χ2v) is 7.24. The number of sulfone groups is 1. The van der Waals surface area contributed by atoms with Crippen LogP contribution in [-0.2, 0) is 14.6 Å². The lowest BCUT2D eigenvalue weighted by Gasteiger charge is -2.18. The van der Waals surface area contributed by atoms with Crippen molar-refractivity contribution in [1.29, 1.82) is 0 Å². The maximum atomic E-state index is 12.0. The van der Waals surface area contributed by atoms with E-state index < -0.39 is 15.9 Å². The first-order chi connectivity index (χ1) is 9.16. The fourth-order valence-corrected chi connectivity index (χ4v) is 2.37. The van der Waals surface area contributed by atoms with Crippen LogP contribution in [0.1, 0.15) is 20.3 Å². The van der Waals surface area contributed by atoms with E-state index in [1.807, 2.05) is 13.8 Å². The number of hydrogen-bond acceptors (Lipinski definition) is 4. The van der Waals surface area contributed by atoms with Crippen molar-refractivity contribution in [3.63, 3.8) is 0 Å². The van der Waals surface area contributed by atoms with E-state index in [0.29, 0.717) is 0 Å². The van der Waals surface area contributed by atoms with E-state index in [2.05, 4.69) is 5.32 Å². The summed E-state index contributed by atoms with van der Waals surface area (Å²) in [5.74, 6) is -0.362. The van der Waals surface area contributed by atoms with Gasteiger partial charge in [-0.05, 0) is 24.1 Å². The Morgan fingerprint density at radius 1 is 1.45 bits per heavy atom. The van der Waals surface area contributed by atoms with E-state index in [-0.39, 0.29) is 27.4 Å². The van der Waals surface area contributed by atoms with Crippen molar-refractivity contribution in [3.05, 3.63) is 23.2 Å². The first-order valence-electron chi connectivity index (χ1n) is 6.22. The van der Waals surface area contributed by atoms with Gasteiger partial charge in [0.1, 0.15) is 0 Å². The fourth-order valence-electron chi connectivity index (χ4n) is 1.56. The Morgan fingerprint density at radius 3 is 2.55 bits per heavy atom. The number of carbonyl (C=O) groups excluding carboxylic acids is 1. The van der Waals surface area contributed by atoms with Crippen LogP contribution in [0.15, 0.2) is 23.1 Å². The van der Waals surface area contributed by atoms with E-state index in [1.54, 1.807) is 0 Å². The smallest absolute Gasteiger partial charge is 0.241 e. The van der Waals surface area contributed by atoms with Gasteiger partial charge in [-0.2, -0.15) is 0 Å². The number of rotatable bonds is 5. The van der Waals surface area contributed by atoms with Crippen molar-refractivity contribution < 1.29 is 13.2 Å². The number of nitrogens with two attached hydrogens (primary N) is 1. The highest BCUT2D eigenvalue weighted by Gasteiger charge is 2.20. The van der Waals surface area contributed by atoms with Gasteiger partial charge in [-0.15, -0.1) is 0 Å². The molecule has 1 aromatic carbocycles. The van der Waals surface area contributed by atoms with Crippen LogP contribution in [0.25, 0.3) is 0 Å². The lowest BCUT2D eigenvalue weighted by molar-refractivity contribution is -0.118. The van der Waals surface area contributed by atoms with Gasteiger partial charge in [-0.1, -0.05) is 31.9 Å². The van der Waals surface area contributed by atoms with Crippen LogP contribution in [0.5, 0.6) is 0 Å². The van der Waals surface area contributed by atoms with Crippen LogP contribution in [0.4, 0.5) is 5.69 Å². The molecule has 20 heavy (non-hydrogen) atoms. The van der Waals surface area contributed by atoms with Crippen molar-refractivity contribution in [1.82, 2.24) is 0 Å². The molecular formula is C13H19ClN2O3S. The predicted molar refractivity (Wildman–Crippen MR) is 80.6 cm³/mol. The lowest BCUT2D eigenvalue weighted by atomic mass is 9.99. The quantitative estimate of drug-likeness (QED) is 0.869. The van der Waals surface area contributed by atoms with Crippen LogP contribution in [0, 0.1) is 5.92 Å². The molecule has 0 aliphatic heterocycles. The summed E-state index contributed by atoms with van der Waals surface area (Å²) in [6.07, 6.45) is 1.86. The molecule has 0 radical (unpaired) electrons. The molecule has 3 N–H and O–H groups in total. The molecule has 112 valence electrons. The first-order valence-corrected chi connectivity index (χ1v) is 8.49. The summed E-state index contributed by atoms with van der Waals surface area (Å²) in [6, 6.07) is 3.49. The third-order valence-electron chi connectivity index (χ3n) is 3.18. The molecular weight excluding hydrogens is 300 g/mol. The molecule has 0 aliphatic carbocycles. The van der Waals surface area contributed by atoms with Crippen molar-refractivity contribution in [2.45, 2.75) is 31.2 Å². The maximum absolute atomic E-state index is 12.0. The van der Waals surface area contributed by atoms with Gasteiger partial charge in [-0.3, -0.25) is 4.79 Å². The number of halogens is 1. The van der Waals surface area contributed by atoms with Crippen molar-refractivity contribution >= 4 is 33.0 Å². The average molecular weight is 319 g/mol. The molecule has 0 bridgehead atoms. The van der Waals surface area contributed by atoms with Gasteiger partial charge in [0.2, 0.25) is 5.91 Å². The van der Waals surface area contributed by atoms with Crippen LogP contribution in [0.3, 0.4) is 0 Å². The topological polar surface area (TPSA) is 89.3 Å². The zero-order valence-electron chi connectivity index (χ0n) is 11.7. The molecule has 1 unspecified atom stereocenters. The van der Waals surface area contributed by atoms with E-state index in [0.717, 1.165) is 12.7 Å². The number of anilines is 1. The van der Waals surface area contributed by atoms with Gasteiger partial charge < -0.3 is 11.1 Å². The largest absolute Gasteiger partial charge is 0.323 e. The molecule has 0 fully saturated rings. The van der Waals surface area contributed by atoms with Gasteiger partial charge >= 0.3 is 0 Å². The SMILES string of the molecule is CCC(C)[C@H](N)C(=O)Nc1cc(S(C)(=O)=O)ccc1Cl. The van der Waals surface area contributed by atoms with Crippen molar-refractivity contribution in [3.8, 4) is 0 Å². The molecule has 0 aliphatic rings. The van der Waals surface area contributed by atoms with Crippen LogP contribution < -0.4 is 11.1 Å². The second-order valence-electron chi connectivity index (χ2n) is 4.81. The van der Waals surface area contributed by atoms with Gasteiger partial charge in [-0.25, -0.2) is 8.42 Å². The Kier molecular flexibility index (Phi) is 5.56. The van der Waals surface area contributed by atoms with Gasteiger partial charge in [0.15, 0.2) is 9.84 Å². The normalized spacial score (nSPS) is 14.7. The highest BCUT2D eigenvalue weighted by molar-refractivity contribution is 7.90. The molecule has 0 saturated carbocycles. The van der Waals surface area contributed by atoms with E-state index >= 15 is 0 Å². The molecule has 1 rings (SSSR count). The third-order valence-corrected chi connectivity index (χ3v) is 4.62. The summed E-state index contributed by atoms with van der Waals surface area (Å²) in [5.41, 5.74) is 6.07. The minimum atomic E-state index is -3.36. The number of hydrogen-bond donors (Lipinski definition) is 2. The summed E-state index contributed by atoms with van der Waals surface area (Å²) in [7, 11) is -3.36. The first kappa shape index (κ1) is 16.9. The molecule has 7 heteroatoms. The summed E-state index contributed by atoms with van der Waals surface area (Å²) < 4.78 is 23.0. The predicted octanol–water partition coefficient (Wildman–Crippen LogP) is 2.06. The zero-order chi connectivity index (χ0) is 15.5. The molecule has 0 saturated heterocycles. The number of carbonyl (C=O) groups is 1. The van der Waals surface area contributed by atoms with Crippen LogP contribution in [0.2, 0.25) is 5.02 Å². The molecule has 0 heterocycles. The summed E-state index contributed by atoms with van der Waals surface area (Å²) in [6.45, 7) is 3.81. The highest BCUT2D eigenvalue weighted by atomic mass is 35.5. The fraction of sp³-hybridized carbons (Fsp3) is 0.462. The lowest BCUT2D eigenvalue weighted by Crippen LogP contribution is -2.40. The molecule has 2 atom stereocenters. The standard InChI is InChI=1S/C13H19ClN2O3S/c1-4-8(2)12(15)13(17)16-11-7-9(20(3,18)19)5-6-10(11)14/h5-8,12H,4,15H2,1-3H3,(H,16,17)/t8?,12-/m0/s1. The Morgan fingerprint density at radius 2 is 2.05 bits per heavy atom. The molecule has 5 nitrogen and oxygen atoms in total. The van der Waals surface area contributed by atoms with Crippen molar-refractivity contribution in [2.24, 2.45) is 11.7 Å². The van der Waals surface area contributed by atoms with E-state index in [1.165, 1.54) is 18.2 Å². The maximum Gasteiger partial charge on any atom is 0.241 e. The monoisotopic (exact) mass is 318 g/mol. The third kappa shape index (κ3) is 4.19. The van der Waals surface area contributed by atoms with Gasteiger partial charge in [0, 0.05) is 6.26 Å². The van der Waals surface area contributed by atoms with Crippen LogP contribution >= 0.6 is 11.6 Å². The Hall–Kier alpha value is -1.11. The van der Waals surface area contributed by atoms with Gasteiger partial charge in [0.25, 0.3) is 0 Å². The van der Waals surface area contributed by atoms with Crippen LogP contribution in [-0.4, -0.2) is 26.6 Å². The number of nitrogens with one attached hydrogen (secondary N) is 1. The second kappa shape index (κ2) is 6.56. The van der Waals surface area contributed by atoms with E-state index in [9.17, 15) is 13.2 Å². The highest BCUT2D eigenvalue weighted by Crippen LogP contribution is 2.25. The van der Waals surface area contributed by atoms with E-state index in [4.69, 9.17) is 17.3 Å². The van der Waals surface area contributed by atoms with Crippen molar-refractivity contribution in [2.75, 3.05) is 11.6 Å². The summed E-state index contributed by atoms with van der Waals surface area (Å²) >= 11 is 5.96. The Bertz CT molecular complexity index is 602.